The predicted molar refractivity (Wildman–Crippen MR) is 78.1 cm³/mol. The fraction of sp³-hybridized carbons (Fsp3) is 0.286. The van der Waals surface area contributed by atoms with Crippen molar-refractivity contribution >= 4 is 27.0 Å². The molecule has 2 heterocycles. The lowest BCUT2D eigenvalue weighted by atomic mass is 10.0. The Balaban J connectivity index is 2.35. The van der Waals surface area contributed by atoms with Crippen LogP contribution in [-0.2, 0) is 7.05 Å². The second kappa shape index (κ2) is 4.20. The van der Waals surface area contributed by atoms with Crippen molar-refractivity contribution in [2.24, 2.45) is 7.05 Å². The van der Waals surface area contributed by atoms with Crippen LogP contribution >= 0.6 is 15.9 Å². The first-order chi connectivity index (χ1) is 8.99. The highest BCUT2D eigenvalue weighted by molar-refractivity contribution is 9.10. The number of imidazole rings is 1. The maximum absolute atomic E-state index is 5.25. The molecule has 0 aliphatic carbocycles. The predicted octanol–water partition coefficient (Wildman–Crippen LogP) is 3.92. The number of aromatic nitrogens is 3. The number of hydrogen-bond acceptors (Lipinski definition) is 3. The molecule has 2 aromatic heterocycles. The van der Waals surface area contributed by atoms with Gasteiger partial charge in [0.25, 0.3) is 0 Å². The van der Waals surface area contributed by atoms with Crippen LogP contribution in [0, 0.1) is 20.8 Å². The summed E-state index contributed by atoms with van der Waals surface area (Å²) < 4.78 is 8.32. The second-order valence-corrected chi connectivity index (χ2v) is 5.60. The minimum Gasteiger partial charge on any atom is -0.361 e. The van der Waals surface area contributed by atoms with E-state index >= 15 is 0 Å². The number of rotatable bonds is 1. The molecule has 0 fully saturated rings. The van der Waals surface area contributed by atoms with E-state index in [1.807, 2.05) is 27.8 Å². The van der Waals surface area contributed by atoms with Crippen LogP contribution in [0.1, 0.15) is 17.3 Å². The molecule has 0 spiro atoms. The Kier molecular flexibility index (Phi) is 2.74. The van der Waals surface area contributed by atoms with Gasteiger partial charge in [-0.05, 0) is 54.4 Å². The minimum absolute atomic E-state index is 0.836. The van der Waals surface area contributed by atoms with Gasteiger partial charge in [-0.15, -0.1) is 0 Å². The van der Waals surface area contributed by atoms with Crippen molar-refractivity contribution in [2.45, 2.75) is 20.8 Å². The molecule has 0 atom stereocenters. The van der Waals surface area contributed by atoms with Crippen molar-refractivity contribution in [1.82, 2.24) is 14.7 Å². The summed E-state index contributed by atoms with van der Waals surface area (Å²) in [7, 11) is 2.02. The zero-order valence-corrected chi connectivity index (χ0v) is 12.9. The molecular formula is C14H14BrN3O. The molecule has 0 radical (unpaired) electrons. The van der Waals surface area contributed by atoms with Gasteiger partial charge in [-0.1, -0.05) is 5.16 Å². The van der Waals surface area contributed by atoms with Gasteiger partial charge in [0.2, 0.25) is 0 Å². The van der Waals surface area contributed by atoms with Crippen LogP contribution in [0.2, 0.25) is 0 Å². The average Bonchev–Trinajstić information content (AvgIpc) is 2.83. The normalized spacial score (nSPS) is 11.4. The van der Waals surface area contributed by atoms with Crippen molar-refractivity contribution in [2.75, 3.05) is 0 Å². The Morgan fingerprint density at radius 3 is 2.58 bits per heavy atom. The van der Waals surface area contributed by atoms with Gasteiger partial charge in [-0.2, -0.15) is 0 Å². The van der Waals surface area contributed by atoms with Gasteiger partial charge in [-0.3, -0.25) is 0 Å². The largest absolute Gasteiger partial charge is 0.361 e. The van der Waals surface area contributed by atoms with Gasteiger partial charge in [0.15, 0.2) is 0 Å². The number of nitrogens with zero attached hydrogens (tertiary/aromatic N) is 3. The van der Waals surface area contributed by atoms with Crippen molar-refractivity contribution in [3.8, 4) is 11.1 Å². The maximum atomic E-state index is 5.25. The van der Waals surface area contributed by atoms with Gasteiger partial charge in [0.05, 0.1) is 11.2 Å². The molecule has 4 nitrogen and oxygen atoms in total. The van der Waals surface area contributed by atoms with Gasteiger partial charge >= 0.3 is 0 Å². The monoisotopic (exact) mass is 319 g/mol. The smallest absolute Gasteiger partial charge is 0.141 e. The van der Waals surface area contributed by atoms with E-state index in [0.29, 0.717) is 0 Å². The number of benzene rings is 1. The minimum atomic E-state index is 0.836. The molecule has 19 heavy (non-hydrogen) atoms. The van der Waals surface area contributed by atoms with Crippen molar-refractivity contribution in [3.63, 3.8) is 0 Å². The van der Waals surface area contributed by atoms with E-state index in [9.17, 15) is 0 Å². The van der Waals surface area contributed by atoms with Crippen LogP contribution in [0.3, 0.4) is 0 Å². The fourth-order valence-electron chi connectivity index (χ4n) is 2.40. The van der Waals surface area contributed by atoms with Crippen LogP contribution < -0.4 is 0 Å². The Labute approximate surface area is 119 Å². The summed E-state index contributed by atoms with van der Waals surface area (Å²) >= 11 is 3.60. The Hall–Kier alpha value is -1.62. The van der Waals surface area contributed by atoms with E-state index in [1.54, 1.807) is 0 Å². The lowest BCUT2D eigenvalue weighted by Gasteiger charge is -2.04. The molecule has 98 valence electrons. The van der Waals surface area contributed by atoms with E-state index in [0.717, 1.165) is 43.9 Å². The van der Waals surface area contributed by atoms with E-state index in [4.69, 9.17) is 4.52 Å². The Morgan fingerprint density at radius 1 is 1.21 bits per heavy atom. The molecule has 0 saturated carbocycles. The molecule has 0 aliphatic heterocycles. The number of halogens is 1. The molecule has 0 aliphatic rings. The first-order valence-corrected chi connectivity index (χ1v) is 6.84. The summed E-state index contributed by atoms with van der Waals surface area (Å²) in [4.78, 5) is 4.56. The third-order valence-corrected chi connectivity index (χ3v) is 4.09. The van der Waals surface area contributed by atoms with E-state index in [-0.39, 0.29) is 0 Å². The van der Waals surface area contributed by atoms with Gasteiger partial charge in [0.1, 0.15) is 17.1 Å². The lowest BCUT2D eigenvalue weighted by molar-refractivity contribution is 0.393. The highest BCUT2D eigenvalue weighted by atomic mass is 79.9. The fourth-order valence-corrected chi connectivity index (χ4v) is 2.94. The number of fused-ring (bicyclic) bond motifs is 1. The van der Waals surface area contributed by atoms with Crippen molar-refractivity contribution < 1.29 is 4.52 Å². The lowest BCUT2D eigenvalue weighted by Crippen LogP contribution is -1.91. The van der Waals surface area contributed by atoms with Gasteiger partial charge in [-0.25, -0.2) is 4.98 Å². The molecule has 0 saturated heterocycles. The second-order valence-electron chi connectivity index (χ2n) is 4.74. The van der Waals surface area contributed by atoms with E-state index < -0.39 is 0 Å². The third kappa shape index (κ3) is 1.80. The molecule has 5 heteroatoms. The summed E-state index contributed by atoms with van der Waals surface area (Å²) in [6.07, 6.45) is 0. The zero-order valence-electron chi connectivity index (χ0n) is 11.3. The Bertz CT molecular complexity index is 766. The molecule has 0 N–H and O–H groups in total. The van der Waals surface area contributed by atoms with Crippen molar-refractivity contribution in [1.29, 1.82) is 0 Å². The molecule has 1 aromatic carbocycles. The highest BCUT2D eigenvalue weighted by Crippen LogP contribution is 2.33. The van der Waals surface area contributed by atoms with Crippen LogP contribution in [0.25, 0.3) is 22.2 Å². The number of hydrogen-bond donors (Lipinski definition) is 0. The first-order valence-electron chi connectivity index (χ1n) is 6.05. The van der Waals surface area contributed by atoms with E-state index in [2.05, 4.69) is 42.8 Å². The first kappa shape index (κ1) is 12.4. The van der Waals surface area contributed by atoms with Gasteiger partial charge < -0.3 is 9.09 Å². The van der Waals surface area contributed by atoms with Gasteiger partial charge in [0, 0.05) is 17.1 Å². The summed E-state index contributed by atoms with van der Waals surface area (Å²) in [5, 5.41) is 4.02. The molecule has 0 unspecified atom stereocenters. The highest BCUT2D eigenvalue weighted by Gasteiger charge is 2.15. The molecular weight excluding hydrogens is 306 g/mol. The molecule has 0 amide bonds. The quantitative estimate of drug-likeness (QED) is 0.683. The summed E-state index contributed by atoms with van der Waals surface area (Å²) in [5.74, 6) is 1.83. The topological polar surface area (TPSA) is 43.9 Å². The molecule has 0 bridgehead atoms. The standard InChI is InChI=1S/C14H14BrN3O/c1-7-13(8(2)19-17-7)10-5-11(15)14-12(6-10)18(4)9(3)16-14/h5-6H,1-4H3. The summed E-state index contributed by atoms with van der Waals surface area (Å²) in [6.45, 7) is 5.89. The van der Waals surface area contributed by atoms with Crippen LogP contribution in [0.15, 0.2) is 21.1 Å². The Morgan fingerprint density at radius 2 is 1.95 bits per heavy atom. The molecule has 3 aromatic rings. The van der Waals surface area contributed by atoms with Crippen LogP contribution in [-0.4, -0.2) is 14.7 Å². The molecule has 3 rings (SSSR count). The number of aryl methyl sites for hydroxylation is 4. The summed E-state index contributed by atoms with van der Waals surface area (Å²) in [6, 6.07) is 4.20. The van der Waals surface area contributed by atoms with Crippen LogP contribution in [0.5, 0.6) is 0 Å². The average molecular weight is 320 g/mol. The van der Waals surface area contributed by atoms with Crippen molar-refractivity contribution in [3.05, 3.63) is 33.9 Å². The van der Waals surface area contributed by atoms with E-state index in [1.165, 1.54) is 0 Å². The van der Waals surface area contributed by atoms with Crippen LogP contribution in [0.4, 0.5) is 0 Å². The third-order valence-electron chi connectivity index (χ3n) is 3.49. The SMILES string of the molecule is Cc1noc(C)c1-c1cc(Br)c2nc(C)n(C)c2c1. The summed E-state index contributed by atoms with van der Waals surface area (Å²) in [5.41, 5.74) is 5.14. The maximum Gasteiger partial charge on any atom is 0.141 e. The zero-order chi connectivity index (χ0) is 13.7.